The Hall–Kier alpha value is -5.08. The molecule has 1 fully saturated rings. The first-order valence-electron chi connectivity index (χ1n) is 17.5. The Morgan fingerprint density at radius 1 is 0.745 bits per heavy atom. The number of ether oxygens (including phenoxy) is 5. The lowest BCUT2D eigenvalue weighted by molar-refractivity contribution is 0.122. The molecule has 0 aromatic heterocycles. The van der Waals surface area contributed by atoms with Gasteiger partial charge in [-0.1, -0.05) is 44.2 Å². The van der Waals surface area contributed by atoms with Crippen molar-refractivity contribution in [3.05, 3.63) is 118 Å². The van der Waals surface area contributed by atoms with Gasteiger partial charge in [0, 0.05) is 52.2 Å². The Bertz CT molecular complexity index is 2120. The van der Waals surface area contributed by atoms with Crippen molar-refractivity contribution in [2.75, 3.05) is 52.5 Å². The number of methoxy groups -OCH3 is 3. The number of anilines is 1. The monoisotopic (exact) mass is 689 g/mol. The van der Waals surface area contributed by atoms with Crippen molar-refractivity contribution in [3.63, 3.8) is 0 Å². The minimum absolute atomic E-state index is 0.528. The molecule has 0 saturated carbocycles. The number of halogens is 2. The smallest absolute Gasteiger partial charge is 0.178 e. The van der Waals surface area contributed by atoms with Crippen LogP contribution in [-0.4, -0.2) is 47.6 Å². The number of rotatable bonds is 8. The second-order valence-electron chi connectivity index (χ2n) is 13.4. The Morgan fingerprint density at radius 3 is 1.94 bits per heavy atom. The summed E-state index contributed by atoms with van der Waals surface area (Å²) >= 11 is 0. The number of benzene rings is 5. The van der Waals surface area contributed by atoms with E-state index in [1.807, 2.05) is 54.6 Å². The van der Waals surface area contributed by atoms with Crippen LogP contribution in [0.4, 0.5) is 14.5 Å². The first-order valence-corrected chi connectivity index (χ1v) is 17.5. The van der Waals surface area contributed by atoms with Gasteiger partial charge >= 0.3 is 0 Å². The Kier molecular flexibility index (Phi) is 8.18. The molecule has 51 heavy (non-hydrogen) atoms. The molecule has 262 valence electrons. The predicted molar refractivity (Wildman–Crippen MR) is 197 cm³/mol. The molecule has 2 heterocycles. The van der Waals surface area contributed by atoms with Crippen molar-refractivity contribution in [2.45, 2.75) is 37.7 Å². The Labute approximate surface area is 297 Å². The van der Waals surface area contributed by atoms with Crippen molar-refractivity contribution >= 4 is 22.5 Å². The minimum atomic E-state index is -1.05. The summed E-state index contributed by atoms with van der Waals surface area (Å²) in [6, 6.07) is 22.4. The van der Waals surface area contributed by atoms with Crippen LogP contribution in [-0.2, 0) is 15.8 Å². The lowest BCUT2D eigenvalue weighted by Crippen LogP contribution is -2.36. The highest BCUT2D eigenvalue weighted by atomic mass is 19.1. The van der Waals surface area contributed by atoms with Gasteiger partial charge in [0.15, 0.2) is 5.60 Å². The third-order valence-electron chi connectivity index (χ3n) is 11.2. The van der Waals surface area contributed by atoms with E-state index in [0.29, 0.717) is 61.8 Å². The topological polar surface area (TPSA) is 49.4 Å². The van der Waals surface area contributed by atoms with Gasteiger partial charge in [-0.15, -0.1) is 0 Å². The number of nitrogens with zero attached hydrogens (tertiary/aromatic N) is 1. The van der Waals surface area contributed by atoms with Crippen molar-refractivity contribution in [2.24, 2.45) is 0 Å². The van der Waals surface area contributed by atoms with Crippen molar-refractivity contribution < 1.29 is 32.5 Å². The van der Waals surface area contributed by atoms with Crippen LogP contribution in [0, 0.1) is 11.6 Å². The molecular formula is C43H41F2NO5. The van der Waals surface area contributed by atoms with Crippen LogP contribution in [0.1, 0.15) is 54.5 Å². The van der Waals surface area contributed by atoms with Crippen LogP contribution < -0.4 is 23.8 Å². The summed E-state index contributed by atoms with van der Waals surface area (Å²) in [5.41, 5.74) is 4.73. The molecule has 6 nitrogen and oxygen atoms in total. The van der Waals surface area contributed by atoms with Crippen LogP contribution in [0.2, 0.25) is 0 Å². The molecule has 3 aliphatic rings. The maximum absolute atomic E-state index is 16.2. The summed E-state index contributed by atoms with van der Waals surface area (Å²) in [5, 5.41) is 1.65. The molecule has 0 unspecified atom stereocenters. The summed E-state index contributed by atoms with van der Waals surface area (Å²) in [6.07, 6.45) is 5.44. The second-order valence-corrected chi connectivity index (χ2v) is 13.4. The summed E-state index contributed by atoms with van der Waals surface area (Å²) < 4.78 is 61.8. The van der Waals surface area contributed by atoms with E-state index in [4.69, 9.17) is 23.7 Å². The van der Waals surface area contributed by atoms with E-state index in [1.54, 1.807) is 21.3 Å². The first-order chi connectivity index (χ1) is 24.8. The number of fused-ring (bicyclic) bond motifs is 8. The molecule has 8 rings (SSSR count). The third kappa shape index (κ3) is 4.90. The molecule has 0 N–H and O–H groups in total. The van der Waals surface area contributed by atoms with E-state index >= 15 is 8.78 Å². The van der Waals surface area contributed by atoms with Crippen LogP contribution >= 0.6 is 0 Å². The molecule has 8 heteroatoms. The van der Waals surface area contributed by atoms with Gasteiger partial charge in [-0.05, 0) is 83.5 Å². The van der Waals surface area contributed by atoms with E-state index in [2.05, 4.69) is 37.0 Å². The zero-order valence-corrected chi connectivity index (χ0v) is 29.6. The largest absolute Gasteiger partial charge is 0.497 e. The maximum atomic E-state index is 16.2. The standard InChI is InChI=1S/C43H41F2NO5/c1-6-42(7-2)39-34(22-28(44)23-35(39)45)38-32-24-36(46-18-20-50-21-19-46)37(49-5)25-33(32)41-31(40(38)42)16-17-43(51-41,26-8-12-29(47-3)13-9-26)27-10-14-30(48-4)15-11-27/h8-17,22-25H,6-7,18-21H2,1-5H3. The molecule has 0 bridgehead atoms. The highest BCUT2D eigenvalue weighted by Gasteiger charge is 2.48. The fraction of sp³-hybridized carbons (Fsp3) is 0.302. The normalized spacial score (nSPS) is 16.6. The summed E-state index contributed by atoms with van der Waals surface area (Å²) in [6.45, 7) is 6.75. The number of hydrogen-bond acceptors (Lipinski definition) is 6. The van der Waals surface area contributed by atoms with Crippen LogP contribution in [0.3, 0.4) is 0 Å². The van der Waals surface area contributed by atoms with Crippen molar-refractivity contribution in [3.8, 4) is 34.1 Å². The zero-order valence-electron chi connectivity index (χ0n) is 29.6. The average molecular weight is 690 g/mol. The van der Waals surface area contributed by atoms with Gasteiger partial charge < -0.3 is 28.6 Å². The van der Waals surface area contributed by atoms with E-state index < -0.39 is 22.7 Å². The van der Waals surface area contributed by atoms with Crippen LogP contribution in [0.15, 0.2) is 78.9 Å². The minimum Gasteiger partial charge on any atom is -0.497 e. The lowest BCUT2D eigenvalue weighted by Gasteiger charge is -2.39. The average Bonchev–Trinajstić information content (AvgIpc) is 3.48. The van der Waals surface area contributed by atoms with E-state index in [-0.39, 0.29) is 0 Å². The SMILES string of the molecule is CCC1(CC)c2c(F)cc(F)cc2-c2c1c1c(c3cc(OC)c(N4CCOCC4)cc23)OC(c2ccc(OC)cc2)(c2ccc(OC)cc2)C=C1. The molecule has 2 aliphatic heterocycles. The van der Waals surface area contributed by atoms with Gasteiger partial charge in [-0.2, -0.15) is 0 Å². The molecule has 0 spiro atoms. The zero-order chi connectivity index (χ0) is 35.5. The van der Waals surface area contributed by atoms with E-state index in [9.17, 15) is 0 Å². The lowest BCUT2D eigenvalue weighted by atomic mass is 9.71. The fourth-order valence-corrected chi connectivity index (χ4v) is 8.64. The van der Waals surface area contributed by atoms with Gasteiger partial charge in [-0.25, -0.2) is 8.78 Å². The molecule has 5 aromatic rings. The molecule has 1 saturated heterocycles. The highest BCUT2D eigenvalue weighted by molar-refractivity contribution is 6.10. The summed E-state index contributed by atoms with van der Waals surface area (Å²) in [7, 11) is 4.96. The van der Waals surface area contributed by atoms with Gasteiger partial charge in [0.25, 0.3) is 0 Å². The van der Waals surface area contributed by atoms with Crippen molar-refractivity contribution in [1.82, 2.24) is 0 Å². The quantitative estimate of drug-likeness (QED) is 0.162. The van der Waals surface area contributed by atoms with Crippen LogP contribution in [0.5, 0.6) is 23.0 Å². The van der Waals surface area contributed by atoms with Crippen molar-refractivity contribution in [1.29, 1.82) is 0 Å². The van der Waals surface area contributed by atoms with Gasteiger partial charge in [-0.3, -0.25) is 0 Å². The molecule has 0 radical (unpaired) electrons. The predicted octanol–water partition coefficient (Wildman–Crippen LogP) is 9.42. The first kappa shape index (κ1) is 33.1. The van der Waals surface area contributed by atoms with Gasteiger partial charge in [0.2, 0.25) is 0 Å². The summed E-state index contributed by atoms with van der Waals surface area (Å²) in [5.74, 6) is 1.68. The highest BCUT2D eigenvalue weighted by Crippen LogP contribution is 2.61. The van der Waals surface area contributed by atoms with Gasteiger partial charge in [0.1, 0.15) is 34.6 Å². The number of morpholine rings is 1. The molecular weight excluding hydrogens is 648 g/mol. The van der Waals surface area contributed by atoms with Crippen LogP contribution in [0.25, 0.3) is 28.0 Å². The summed E-state index contributed by atoms with van der Waals surface area (Å²) in [4.78, 5) is 2.25. The molecule has 0 atom stereocenters. The third-order valence-corrected chi connectivity index (χ3v) is 11.2. The Balaban J connectivity index is 1.48. The molecule has 5 aromatic carbocycles. The molecule has 0 amide bonds. The maximum Gasteiger partial charge on any atom is 0.178 e. The second kappa shape index (κ2) is 12.6. The Morgan fingerprint density at radius 2 is 1.37 bits per heavy atom. The fourth-order valence-electron chi connectivity index (χ4n) is 8.64. The van der Waals surface area contributed by atoms with E-state index in [0.717, 1.165) is 61.8 Å². The van der Waals surface area contributed by atoms with E-state index in [1.165, 1.54) is 6.07 Å². The molecule has 1 aliphatic carbocycles. The number of hydrogen-bond donors (Lipinski definition) is 0. The van der Waals surface area contributed by atoms with Gasteiger partial charge in [0.05, 0.1) is 40.2 Å².